The van der Waals surface area contributed by atoms with Crippen molar-refractivity contribution >= 4 is 99.5 Å². The molecule has 0 aliphatic heterocycles. The quantitative estimate of drug-likeness (QED) is 0.152. The first-order chi connectivity index (χ1) is 39.9. The molecule has 4 heteroatoms. The Morgan fingerprint density at radius 2 is 0.695 bits per heavy atom. The van der Waals surface area contributed by atoms with Crippen LogP contribution in [0.15, 0.2) is 215 Å². The molecule has 2 aliphatic rings. The summed E-state index contributed by atoms with van der Waals surface area (Å²) < 4.78 is 13.7. The molecule has 15 rings (SSSR count). The average molecular weight is 1070 g/mol. The number of hydrogen-bond acceptors (Lipinski definition) is 4. The van der Waals surface area contributed by atoms with Gasteiger partial charge in [0.15, 0.2) is 0 Å². The van der Waals surface area contributed by atoms with Crippen LogP contribution in [0.3, 0.4) is 0 Å². The van der Waals surface area contributed by atoms with Crippen LogP contribution in [0.25, 0.3) is 87.7 Å². The fourth-order valence-corrected chi connectivity index (χ4v) is 13.6. The molecular formula is C78H68N2O2. The summed E-state index contributed by atoms with van der Waals surface area (Å²) in [6.07, 6.45) is 9.15. The van der Waals surface area contributed by atoms with Crippen molar-refractivity contribution in [3.8, 4) is 22.3 Å². The molecule has 0 fully saturated rings. The Morgan fingerprint density at radius 3 is 1.11 bits per heavy atom. The van der Waals surface area contributed by atoms with Gasteiger partial charge in [0.05, 0.1) is 11.4 Å². The molecule has 2 aliphatic carbocycles. The van der Waals surface area contributed by atoms with Crippen LogP contribution in [-0.4, -0.2) is 0 Å². The molecule has 2 aromatic heterocycles. The molecule has 0 unspecified atom stereocenters. The first kappa shape index (κ1) is 50.1. The number of rotatable bonds is 8. The highest BCUT2D eigenvalue weighted by atomic mass is 16.3. The Kier molecular flexibility index (Phi) is 11.9. The predicted molar refractivity (Wildman–Crippen MR) is 347 cm³/mol. The van der Waals surface area contributed by atoms with E-state index in [0.717, 1.165) is 103 Å². The first-order valence-electron chi connectivity index (χ1n) is 29.8. The summed E-state index contributed by atoms with van der Waals surface area (Å²) in [6, 6.07) is 77.5. The number of aryl methyl sites for hydroxylation is 2. The molecule has 4 nitrogen and oxygen atoms in total. The summed E-state index contributed by atoms with van der Waals surface area (Å²) in [6.45, 7) is 13.7. The molecule has 0 bridgehead atoms. The second kappa shape index (κ2) is 19.4. The molecule has 0 saturated heterocycles. The fourth-order valence-electron chi connectivity index (χ4n) is 13.6. The van der Waals surface area contributed by atoms with Gasteiger partial charge in [-0.2, -0.15) is 0 Å². The van der Waals surface area contributed by atoms with Gasteiger partial charge in [-0.1, -0.05) is 163 Å². The van der Waals surface area contributed by atoms with Gasteiger partial charge in [0.1, 0.15) is 22.3 Å². The lowest BCUT2D eigenvalue weighted by atomic mass is 9.85. The van der Waals surface area contributed by atoms with Crippen molar-refractivity contribution in [3.63, 3.8) is 0 Å². The van der Waals surface area contributed by atoms with Gasteiger partial charge >= 0.3 is 0 Å². The number of fused-ring (bicyclic) bond motifs is 10. The van der Waals surface area contributed by atoms with Gasteiger partial charge in [0, 0.05) is 61.5 Å². The molecule has 0 N–H and O–H groups in total. The molecule has 0 saturated carbocycles. The molecule has 402 valence electrons. The Balaban J connectivity index is 0.842. The van der Waals surface area contributed by atoms with Crippen LogP contribution >= 0.6 is 0 Å². The van der Waals surface area contributed by atoms with Gasteiger partial charge in [-0.15, -0.1) is 0 Å². The van der Waals surface area contributed by atoms with Crippen LogP contribution in [0.1, 0.15) is 101 Å². The predicted octanol–water partition coefficient (Wildman–Crippen LogP) is 22.4. The maximum Gasteiger partial charge on any atom is 0.139 e. The van der Waals surface area contributed by atoms with Crippen molar-refractivity contribution < 1.29 is 8.83 Å². The van der Waals surface area contributed by atoms with Crippen LogP contribution in [0.5, 0.6) is 0 Å². The summed E-state index contributed by atoms with van der Waals surface area (Å²) in [7, 11) is 0. The number of furan rings is 2. The average Bonchev–Trinajstić information content (AvgIpc) is 2.52. The van der Waals surface area contributed by atoms with E-state index in [1.165, 1.54) is 103 Å². The van der Waals surface area contributed by atoms with Crippen molar-refractivity contribution in [2.24, 2.45) is 0 Å². The number of anilines is 6. The maximum atomic E-state index is 6.86. The summed E-state index contributed by atoms with van der Waals surface area (Å²) in [4.78, 5) is 5.06. The highest BCUT2D eigenvalue weighted by molar-refractivity contribution is 6.18. The zero-order valence-electron chi connectivity index (χ0n) is 48.0. The third-order valence-electron chi connectivity index (χ3n) is 18.1. The summed E-state index contributed by atoms with van der Waals surface area (Å²) >= 11 is 0. The van der Waals surface area contributed by atoms with Crippen LogP contribution in [0, 0.1) is 0 Å². The minimum atomic E-state index is 0.0422. The van der Waals surface area contributed by atoms with Gasteiger partial charge < -0.3 is 18.6 Å². The van der Waals surface area contributed by atoms with Gasteiger partial charge in [0.25, 0.3) is 0 Å². The summed E-state index contributed by atoms with van der Waals surface area (Å²) in [5.74, 6) is 0. The zero-order chi connectivity index (χ0) is 55.4. The molecule has 11 aromatic carbocycles. The Bertz CT molecular complexity index is 4330. The molecule has 0 amide bonds. The van der Waals surface area contributed by atoms with Crippen LogP contribution < -0.4 is 9.80 Å². The lowest BCUT2D eigenvalue weighted by Gasteiger charge is -2.33. The minimum Gasteiger partial charge on any atom is -0.456 e. The van der Waals surface area contributed by atoms with Gasteiger partial charge in [-0.05, 0) is 207 Å². The van der Waals surface area contributed by atoms with Gasteiger partial charge in [0.2, 0.25) is 0 Å². The van der Waals surface area contributed by atoms with E-state index in [2.05, 4.69) is 258 Å². The van der Waals surface area contributed by atoms with E-state index in [1.807, 2.05) is 0 Å². The van der Waals surface area contributed by atoms with Crippen LogP contribution in [0.4, 0.5) is 34.1 Å². The lowest BCUT2D eigenvalue weighted by molar-refractivity contribution is 0.590. The van der Waals surface area contributed by atoms with Crippen LogP contribution in [-0.2, 0) is 36.5 Å². The number of nitrogens with zero attached hydrogens (tertiary/aromatic N) is 2. The fraction of sp³-hybridized carbons (Fsp3) is 0.205. The topological polar surface area (TPSA) is 32.8 Å². The van der Waals surface area contributed by atoms with Crippen molar-refractivity contribution in [3.05, 3.63) is 240 Å². The van der Waals surface area contributed by atoms with Crippen LogP contribution in [0.2, 0.25) is 0 Å². The van der Waals surface area contributed by atoms with Gasteiger partial charge in [-0.3, -0.25) is 0 Å². The Hall–Kier alpha value is -8.86. The molecule has 0 radical (unpaired) electrons. The first-order valence-corrected chi connectivity index (χ1v) is 29.8. The lowest BCUT2D eigenvalue weighted by Crippen LogP contribution is -2.17. The SMILES string of the molecule is CC(C)(C)c1ccc(N(c2ccc3cc4c(cc3c2)oc2cc3oc5cc6cc(N(c7ccc(C(C)(C)C)cc7)c7c(-c8ccccc8)ccc8c7CCCC8)ccc6cc5c3cc24)c2c(-c3ccccc3)ccc3c2CCCC3)cc1. The third-order valence-corrected chi connectivity index (χ3v) is 18.1. The van der Waals surface area contributed by atoms with E-state index < -0.39 is 0 Å². The van der Waals surface area contributed by atoms with E-state index in [0.29, 0.717) is 0 Å². The normalized spacial score (nSPS) is 13.8. The Morgan fingerprint density at radius 1 is 0.317 bits per heavy atom. The smallest absolute Gasteiger partial charge is 0.139 e. The number of hydrogen-bond donors (Lipinski definition) is 0. The van der Waals surface area contributed by atoms with E-state index in [9.17, 15) is 0 Å². The van der Waals surface area contributed by atoms with Crippen molar-refractivity contribution in [1.29, 1.82) is 0 Å². The van der Waals surface area contributed by atoms with E-state index >= 15 is 0 Å². The standard InChI is InChI=1S/C78H68N2O2/c1-77(2,3)57-29-35-59(36-30-57)79(75-63-23-15-13-21-51(63)27-39-65(75)49-17-9-7-10-18-49)61-33-25-53-43-67-69-47-70-68-44-54-26-34-62(42-56(54)46-72(68)82-74(70)48-73(69)81-71(67)45-55(53)41-61)80(60-37-31-58(32-38-60)78(4,5)6)76-64-24-16-14-22-52(64)28-40-66(76)50-19-11-8-12-20-50/h7-12,17-20,25-48H,13-16,21-24H2,1-6H3. The highest BCUT2D eigenvalue weighted by Gasteiger charge is 2.28. The minimum absolute atomic E-state index is 0.0422. The Labute approximate surface area is 481 Å². The highest BCUT2D eigenvalue weighted by Crippen LogP contribution is 2.50. The molecular weight excluding hydrogens is 997 g/mol. The second-order valence-electron chi connectivity index (χ2n) is 25.4. The van der Waals surface area contributed by atoms with E-state index in [4.69, 9.17) is 8.83 Å². The van der Waals surface area contributed by atoms with Crippen molar-refractivity contribution in [2.75, 3.05) is 9.80 Å². The van der Waals surface area contributed by atoms with E-state index in [1.54, 1.807) is 0 Å². The monoisotopic (exact) mass is 1060 g/mol. The second-order valence-corrected chi connectivity index (χ2v) is 25.4. The third kappa shape index (κ3) is 8.65. The molecule has 0 atom stereocenters. The molecule has 2 heterocycles. The van der Waals surface area contributed by atoms with Crippen molar-refractivity contribution in [2.45, 2.75) is 104 Å². The zero-order valence-corrected chi connectivity index (χ0v) is 48.0. The number of benzene rings is 11. The van der Waals surface area contributed by atoms with Gasteiger partial charge in [-0.25, -0.2) is 0 Å². The largest absolute Gasteiger partial charge is 0.456 e. The van der Waals surface area contributed by atoms with Crippen molar-refractivity contribution in [1.82, 2.24) is 0 Å². The maximum absolute atomic E-state index is 6.86. The molecule has 13 aromatic rings. The summed E-state index contributed by atoms with van der Waals surface area (Å²) in [5.41, 5.74) is 24.0. The molecule has 82 heavy (non-hydrogen) atoms. The summed E-state index contributed by atoms with van der Waals surface area (Å²) in [5, 5.41) is 8.99. The van der Waals surface area contributed by atoms with E-state index in [-0.39, 0.29) is 10.8 Å². The molecule has 0 spiro atoms.